The number of halogens is 2. The molecule has 3 rings (SSSR count). The molecular weight excluding hydrogens is 350 g/mol. The molecule has 0 aliphatic carbocycles. The minimum absolute atomic E-state index is 0.0358. The zero-order chi connectivity index (χ0) is 19.2. The maximum atomic E-state index is 13.6. The number of aryl methyl sites for hydroxylation is 1. The summed E-state index contributed by atoms with van der Waals surface area (Å²) >= 11 is 0. The number of methoxy groups -OCH3 is 1. The monoisotopic (exact) mass is 374 g/mol. The molecule has 0 saturated carbocycles. The van der Waals surface area contributed by atoms with Gasteiger partial charge in [-0.3, -0.25) is 4.79 Å². The Kier molecular flexibility index (Phi) is 6.40. The van der Waals surface area contributed by atoms with Crippen LogP contribution in [0.25, 0.3) is 0 Å². The normalized spacial score (nSPS) is 19.5. The molecule has 0 radical (unpaired) electrons. The number of hydrogen-bond donors (Lipinski definition) is 2. The SMILES string of the molecule is COc1ccc(CCC(=O)NC2CNCCC2c2ccc(F)c(F)c2)cc1. The predicted molar refractivity (Wildman–Crippen MR) is 99.8 cm³/mol. The number of carbonyl (C=O) groups excluding carboxylic acids is 1. The zero-order valence-electron chi connectivity index (χ0n) is 15.3. The highest BCUT2D eigenvalue weighted by molar-refractivity contribution is 5.76. The van der Waals surface area contributed by atoms with Crippen molar-refractivity contribution in [1.82, 2.24) is 10.6 Å². The standard InChI is InChI=1S/C21H24F2N2O2/c1-27-16-6-2-14(3-7-16)4-9-21(26)25-20-13-24-11-10-17(20)15-5-8-18(22)19(23)12-15/h2-3,5-8,12,17,20,24H,4,9-11,13H2,1H3,(H,25,26). The van der Waals surface area contributed by atoms with Gasteiger partial charge in [-0.05, 0) is 54.8 Å². The van der Waals surface area contributed by atoms with E-state index in [0.29, 0.717) is 19.4 Å². The number of amides is 1. The minimum atomic E-state index is -0.854. The molecule has 2 aromatic carbocycles. The molecule has 2 aromatic rings. The first-order chi connectivity index (χ1) is 13.1. The number of nitrogens with one attached hydrogen (secondary N) is 2. The summed E-state index contributed by atoms with van der Waals surface area (Å²) in [6.45, 7) is 1.39. The molecule has 1 heterocycles. The Labute approximate surface area is 157 Å². The number of carbonyl (C=O) groups is 1. The van der Waals surface area contributed by atoms with Crippen LogP contribution >= 0.6 is 0 Å². The Balaban J connectivity index is 1.59. The van der Waals surface area contributed by atoms with Gasteiger partial charge in [-0.2, -0.15) is 0 Å². The molecule has 2 atom stereocenters. The predicted octanol–water partition coefficient (Wildman–Crippen LogP) is 3.17. The lowest BCUT2D eigenvalue weighted by atomic mass is 9.86. The van der Waals surface area contributed by atoms with E-state index in [4.69, 9.17) is 4.74 Å². The first-order valence-electron chi connectivity index (χ1n) is 9.15. The largest absolute Gasteiger partial charge is 0.497 e. The van der Waals surface area contributed by atoms with Gasteiger partial charge in [-0.15, -0.1) is 0 Å². The van der Waals surface area contributed by atoms with Crippen molar-refractivity contribution in [3.8, 4) is 5.75 Å². The van der Waals surface area contributed by atoms with E-state index in [1.54, 1.807) is 13.2 Å². The van der Waals surface area contributed by atoms with Gasteiger partial charge in [0.05, 0.1) is 7.11 Å². The maximum absolute atomic E-state index is 13.6. The molecule has 27 heavy (non-hydrogen) atoms. The number of ether oxygens (including phenoxy) is 1. The molecule has 1 aliphatic rings. The van der Waals surface area contributed by atoms with Gasteiger partial charge in [0.25, 0.3) is 0 Å². The van der Waals surface area contributed by atoms with Gasteiger partial charge in [0.1, 0.15) is 5.75 Å². The van der Waals surface area contributed by atoms with Crippen molar-refractivity contribution in [2.24, 2.45) is 0 Å². The Morgan fingerprint density at radius 3 is 2.67 bits per heavy atom. The molecule has 1 amide bonds. The van der Waals surface area contributed by atoms with Gasteiger partial charge in [0.2, 0.25) is 5.91 Å². The van der Waals surface area contributed by atoms with E-state index in [9.17, 15) is 13.6 Å². The molecule has 1 saturated heterocycles. The highest BCUT2D eigenvalue weighted by Gasteiger charge is 2.28. The molecule has 144 valence electrons. The van der Waals surface area contributed by atoms with E-state index >= 15 is 0 Å². The zero-order valence-corrected chi connectivity index (χ0v) is 15.3. The average molecular weight is 374 g/mol. The van der Waals surface area contributed by atoms with E-state index in [-0.39, 0.29) is 17.9 Å². The summed E-state index contributed by atoms with van der Waals surface area (Å²) in [5, 5.41) is 6.31. The quantitative estimate of drug-likeness (QED) is 0.817. The van der Waals surface area contributed by atoms with Crippen LogP contribution in [0.4, 0.5) is 8.78 Å². The third kappa shape index (κ3) is 5.04. The van der Waals surface area contributed by atoms with Crippen LogP contribution in [0.1, 0.15) is 29.9 Å². The first-order valence-corrected chi connectivity index (χ1v) is 9.15. The van der Waals surface area contributed by atoms with Crippen molar-refractivity contribution in [2.75, 3.05) is 20.2 Å². The second-order valence-corrected chi connectivity index (χ2v) is 6.79. The molecular formula is C21H24F2N2O2. The van der Waals surface area contributed by atoms with E-state index < -0.39 is 11.6 Å². The van der Waals surface area contributed by atoms with Gasteiger partial charge in [-0.1, -0.05) is 18.2 Å². The molecule has 1 aliphatic heterocycles. The van der Waals surface area contributed by atoms with Crippen LogP contribution in [0.5, 0.6) is 5.75 Å². The number of benzene rings is 2. The molecule has 6 heteroatoms. The molecule has 2 N–H and O–H groups in total. The van der Waals surface area contributed by atoms with Gasteiger partial charge >= 0.3 is 0 Å². The second-order valence-electron chi connectivity index (χ2n) is 6.79. The van der Waals surface area contributed by atoms with Gasteiger partial charge < -0.3 is 15.4 Å². The molecule has 0 bridgehead atoms. The van der Waals surface area contributed by atoms with Gasteiger partial charge in [-0.25, -0.2) is 8.78 Å². The van der Waals surface area contributed by atoms with Crippen molar-refractivity contribution in [3.05, 3.63) is 65.2 Å². The summed E-state index contributed by atoms with van der Waals surface area (Å²) in [6, 6.07) is 11.5. The lowest BCUT2D eigenvalue weighted by Crippen LogP contribution is -2.50. The third-order valence-corrected chi connectivity index (χ3v) is 5.00. The average Bonchev–Trinajstić information content (AvgIpc) is 2.69. The third-order valence-electron chi connectivity index (χ3n) is 5.00. The van der Waals surface area contributed by atoms with E-state index in [2.05, 4.69) is 10.6 Å². The molecule has 1 fully saturated rings. The summed E-state index contributed by atoms with van der Waals surface area (Å²) in [5.41, 5.74) is 1.78. The molecule has 4 nitrogen and oxygen atoms in total. The van der Waals surface area contributed by atoms with Crippen molar-refractivity contribution in [1.29, 1.82) is 0 Å². The smallest absolute Gasteiger partial charge is 0.220 e. The summed E-state index contributed by atoms with van der Waals surface area (Å²) in [7, 11) is 1.62. The van der Waals surface area contributed by atoms with Crippen LogP contribution in [-0.2, 0) is 11.2 Å². The summed E-state index contributed by atoms with van der Waals surface area (Å²) in [5.74, 6) is -1.01. The van der Waals surface area contributed by atoms with Crippen LogP contribution in [0, 0.1) is 11.6 Å². The number of rotatable bonds is 6. The second kappa shape index (κ2) is 8.95. The summed E-state index contributed by atoms with van der Waals surface area (Å²) in [6.07, 6.45) is 1.76. The molecule has 0 spiro atoms. The van der Waals surface area contributed by atoms with Crippen molar-refractivity contribution in [2.45, 2.75) is 31.2 Å². The van der Waals surface area contributed by atoms with Gasteiger partial charge in [0.15, 0.2) is 11.6 Å². The highest BCUT2D eigenvalue weighted by Crippen LogP contribution is 2.27. The van der Waals surface area contributed by atoms with Crippen LogP contribution in [0.15, 0.2) is 42.5 Å². The van der Waals surface area contributed by atoms with Crippen LogP contribution in [-0.4, -0.2) is 32.1 Å². The van der Waals surface area contributed by atoms with Crippen LogP contribution in [0.3, 0.4) is 0 Å². The Bertz CT molecular complexity index is 780. The molecule has 0 aromatic heterocycles. The first kappa shape index (κ1) is 19.3. The Hall–Kier alpha value is -2.47. The fraction of sp³-hybridized carbons (Fsp3) is 0.381. The number of hydrogen-bond acceptors (Lipinski definition) is 3. The summed E-state index contributed by atoms with van der Waals surface area (Å²) in [4.78, 5) is 12.4. The Morgan fingerprint density at radius 1 is 1.19 bits per heavy atom. The maximum Gasteiger partial charge on any atom is 0.220 e. The fourth-order valence-electron chi connectivity index (χ4n) is 3.48. The topological polar surface area (TPSA) is 50.4 Å². The van der Waals surface area contributed by atoms with Crippen LogP contribution < -0.4 is 15.4 Å². The minimum Gasteiger partial charge on any atom is -0.497 e. The van der Waals surface area contributed by atoms with Gasteiger partial charge in [0, 0.05) is 24.9 Å². The van der Waals surface area contributed by atoms with Crippen molar-refractivity contribution < 1.29 is 18.3 Å². The molecule has 2 unspecified atom stereocenters. The van der Waals surface area contributed by atoms with Crippen LogP contribution in [0.2, 0.25) is 0 Å². The van der Waals surface area contributed by atoms with E-state index in [1.165, 1.54) is 6.07 Å². The lowest BCUT2D eigenvalue weighted by molar-refractivity contribution is -0.122. The fourth-order valence-corrected chi connectivity index (χ4v) is 3.48. The van der Waals surface area contributed by atoms with Crippen molar-refractivity contribution in [3.63, 3.8) is 0 Å². The highest BCUT2D eigenvalue weighted by atomic mass is 19.2. The van der Waals surface area contributed by atoms with E-state index in [0.717, 1.165) is 35.9 Å². The Morgan fingerprint density at radius 2 is 1.96 bits per heavy atom. The van der Waals surface area contributed by atoms with Crippen molar-refractivity contribution >= 4 is 5.91 Å². The van der Waals surface area contributed by atoms with E-state index in [1.807, 2.05) is 24.3 Å². The number of piperidine rings is 1. The lowest BCUT2D eigenvalue weighted by Gasteiger charge is -2.33. The summed E-state index contributed by atoms with van der Waals surface area (Å²) < 4.78 is 31.9.